The first kappa shape index (κ1) is 16.0. The zero-order chi connectivity index (χ0) is 16.9. The number of carbonyl (C=O) groups is 1. The highest BCUT2D eigenvalue weighted by atomic mass is 19.3. The van der Waals surface area contributed by atoms with Crippen molar-refractivity contribution in [2.24, 2.45) is 0 Å². The fourth-order valence-corrected chi connectivity index (χ4v) is 2.29. The predicted molar refractivity (Wildman–Crippen MR) is 81.8 cm³/mol. The molecule has 0 saturated carbocycles. The van der Waals surface area contributed by atoms with E-state index in [0.29, 0.717) is 18.1 Å². The smallest absolute Gasteiger partial charge is 0.387 e. The Morgan fingerprint density at radius 1 is 1.21 bits per heavy atom. The summed E-state index contributed by atoms with van der Waals surface area (Å²) in [5.74, 6) is 0.813. The molecule has 0 unspecified atom stereocenters. The van der Waals surface area contributed by atoms with Gasteiger partial charge in [0.2, 0.25) is 0 Å². The molecular formula is C17H15F2NO4. The van der Waals surface area contributed by atoms with Crippen LogP contribution in [0.2, 0.25) is 0 Å². The number of alkyl halides is 2. The molecule has 1 atom stereocenters. The molecular weight excluding hydrogens is 320 g/mol. The summed E-state index contributed by atoms with van der Waals surface area (Å²) in [7, 11) is 0. The lowest BCUT2D eigenvalue weighted by Crippen LogP contribution is -2.40. The molecule has 24 heavy (non-hydrogen) atoms. The van der Waals surface area contributed by atoms with Crippen LogP contribution < -0.4 is 19.5 Å². The molecule has 7 heteroatoms. The molecule has 0 bridgehead atoms. The number of amides is 1. The van der Waals surface area contributed by atoms with Gasteiger partial charge >= 0.3 is 6.61 Å². The van der Waals surface area contributed by atoms with Crippen LogP contribution in [0.3, 0.4) is 0 Å². The minimum atomic E-state index is -2.93. The van der Waals surface area contributed by atoms with Gasteiger partial charge in [-0.2, -0.15) is 8.78 Å². The van der Waals surface area contributed by atoms with Gasteiger partial charge in [0.1, 0.15) is 18.5 Å². The third-order valence-electron chi connectivity index (χ3n) is 3.38. The van der Waals surface area contributed by atoms with Crippen LogP contribution in [-0.2, 0) is 0 Å². The number of nitrogens with one attached hydrogen (secondary N) is 1. The molecule has 0 radical (unpaired) electrons. The molecule has 0 fully saturated rings. The SMILES string of the molecule is O=C(NC[C@@H]1COc2ccccc2O1)c1cccc(OC(F)F)c1. The Bertz CT molecular complexity index is 723. The molecule has 3 rings (SSSR count). The number of rotatable bonds is 5. The normalized spacial score (nSPS) is 15.9. The summed E-state index contributed by atoms with van der Waals surface area (Å²) in [5.41, 5.74) is 0.227. The lowest BCUT2D eigenvalue weighted by molar-refractivity contribution is -0.0498. The summed E-state index contributed by atoms with van der Waals surface area (Å²) in [4.78, 5) is 12.1. The molecule has 0 aromatic heterocycles. The van der Waals surface area contributed by atoms with Gasteiger partial charge in [0.05, 0.1) is 6.54 Å². The molecule has 2 aromatic carbocycles. The second kappa shape index (κ2) is 7.16. The van der Waals surface area contributed by atoms with E-state index in [-0.39, 0.29) is 24.0 Å². The van der Waals surface area contributed by atoms with Crippen LogP contribution >= 0.6 is 0 Å². The average molecular weight is 335 g/mol. The van der Waals surface area contributed by atoms with E-state index >= 15 is 0 Å². The standard InChI is InChI=1S/C17H15F2NO4/c18-17(19)24-12-5-3-4-11(8-12)16(21)20-9-13-10-22-14-6-1-2-7-15(14)23-13/h1-8,13,17H,9-10H2,(H,20,21)/t13-/m1/s1. The van der Waals surface area contributed by atoms with Gasteiger partial charge in [-0.05, 0) is 30.3 Å². The van der Waals surface area contributed by atoms with Crippen molar-refractivity contribution in [1.29, 1.82) is 0 Å². The van der Waals surface area contributed by atoms with E-state index in [9.17, 15) is 13.6 Å². The number of carbonyl (C=O) groups excluding carboxylic acids is 1. The van der Waals surface area contributed by atoms with Crippen LogP contribution in [0.1, 0.15) is 10.4 Å². The van der Waals surface area contributed by atoms with Gasteiger partial charge < -0.3 is 19.5 Å². The zero-order valence-corrected chi connectivity index (χ0v) is 12.6. The van der Waals surface area contributed by atoms with Crippen molar-refractivity contribution in [3.63, 3.8) is 0 Å². The van der Waals surface area contributed by atoms with E-state index in [4.69, 9.17) is 9.47 Å². The molecule has 1 N–H and O–H groups in total. The highest BCUT2D eigenvalue weighted by Gasteiger charge is 2.21. The molecule has 2 aromatic rings. The summed E-state index contributed by atoms with van der Waals surface area (Å²) >= 11 is 0. The molecule has 0 saturated heterocycles. The zero-order valence-electron chi connectivity index (χ0n) is 12.6. The van der Waals surface area contributed by atoms with E-state index in [1.54, 1.807) is 12.1 Å². The van der Waals surface area contributed by atoms with Gasteiger partial charge in [0.15, 0.2) is 11.5 Å². The molecule has 0 spiro atoms. The summed E-state index contributed by atoms with van der Waals surface area (Å²) in [6.45, 7) is -2.39. The van der Waals surface area contributed by atoms with Gasteiger partial charge in [-0.3, -0.25) is 4.79 Å². The van der Waals surface area contributed by atoms with Crippen LogP contribution in [0.4, 0.5) is 8.78 Å². The second-order valence-corrected chi connectivity index (χ2v) is 5.11. The predicted octanol–water partition coefficient (Wildman–Crippen LogP) is 2.86. The van der Waals surface area contributed by atoms with Crippen molar-refractivity contribution in [2.45, 2.75) is 12.7 Å². The van der Waals surface area contributed by atoms with Crippen molar-refractivity contribution in [2.75, 3.05) is 13.2 Å². The minimum Gasteiger partial charge on any atom is -0.486 e. The lowest BCUT2D eigenvalue weighted by atomic mass is 10.2. The van der Waals surface area contributed by atoms with Crippen LogP contribution in [0.25, 0.3) is 0 Å². The first-order valence-electron chi connectivity index (χ1n) is 7.33. The molecule has 1 aliphatic heterocycles. The summed E-state index contributed by atoms with van der Waals surface area (Å²) < 4.78 is 40.0. The van der Waals surface area contributed by atoms with E-state index in [0.717, 1.165) is 0 Å². The van der Waals surface area contributed by atoms with Gasteiger partial charge in [-0.15, -0.1) is 0 Å². The minimum absolute atomic E-state index is 0.0659. The number of para-hydroxylation sites is 2. The Hall–Kier alpha value is -2.83. The van der Waals surface area contributed by atoms with Gasteiger partial charge in [-0.25, -0.2) is 0 Å². The molecule has 1 amide bonds. The summed E-state index contributed by atoms with van der Waals surface area (Å²) in [6, 6.07) is 12.9. The summed E-state index contributed by atoms with van der Waals surface area (Å²) in [6.07, 6.45) is -0.329. The fraction of sp³-hybridized carbons (Fsp3) is 0.235. The van der Waals surface area contributed by atoms with Gasteiger partial charge in [0, 0.05) is 5.56 Å². The highest BCUT2D eigenvalue weighted by Crippen LogP contribution is 2.30. The van der Waals surface area contributed by atoms with Crippen molar-refractivity contribution >= 4 is 5.91 Å². The first-order chi connectivity index (χ1) is 11.6. The molecule has 1 heterocycles. The van der Waals surface area contributed by atoms with Crippen molar-refractivity contribution < 1.29 is 27.8 Å². The maximum absolute atomic E-state index is 12.2. The van der Waals surface area contributed by atoms with Crippen LogP contribution in [0, 0.1) is 0 Å². The third kappa shape index (κ3) is 3.92. The van der Waals surface area contributed by atoms with Crippen molar-refractivity contribution in [3.8, 4) is 17.2 Å². The Morgan fingerprint density at radius 2 is 2.00 bits per heavy atom. The van der Waals surface area contributed by atoms with Gasteiger partial charge in [-0.1, -0.05) is 18.2 Å². The Balaban J connectivity index is 1.56. The van der Waals surface area contributed by atoms with E-state index in [2.05, 4.69) is 10.1 Å². The maximum Gasteiger partial charge on any atom is 0.387 e. The van der Waals surface area contributed by atoms with E-state index in [1.807, 2.05) is 12.1 Å². The Kier molecular flexibility index (Phi) is 4.79. The number of hydrogen-bond acceptors (Lipinski definition) is 4. The van der Waals surface area contributed by atoms with E-state index < -0.39 is 12.5 Å². The largest absolute Gasteiger partial charge is 0.486 e. The maximum atomic E-state index is 12.2. The first-order valence-corrected chi connectivity index (χ1v) is 7.33. The van der Waals surface area contributed by atoms with Crippen molar-refractivity contribution in [3.05, 3.63) is 54.1 Å². The number of fused-ring (bicyclic) bond motifs is 1. The van der Waals surface area contributed by atoms with Gasteiger partial charge in [0.25, 0.3) is 5.91 Å². The van der Waals surface area contributed by atoms with Crippen LogP contribution in [-0.4, -0.2) is 31.8 Å². The van der Waals surface area contributed by atoms with Crippen molar-refractivity contribution in [1.82, 2.24) is 5.32 Å². The number of benzene rings is 2. The number of ether oxygens (including phenoxy) is 3. The Morgan fingerprint density at radius 3 is 2.79 bits per heavy atom. The third-order valence-corrected chi connectivity index (χ3v) is 3.38. The molecule has 5 nitrogen and oxygen atoms in total. The average Bonchev–Trinajstić information content (AvgIpc) is 2.59. The fourth-order valence-electron chi connectivity index (χ4n) is 2.29. The highest BCUT2D eigenvalue weighted by molar-refractivity contribution is 5.94. The topological polar surface area (TPSA) is 56.8 Å². The number of hydrogen-bond donors (Lipinski definition) is 1. The number of halogens is 2. The monoisotopic (exact) mass is 335 g/mol. The molecule has 126 valence electrons. The molecule has 0 aliphatic carbocycles. The Labute approximate surface area is 137 Å². The second-order valence-electron chi connectivity index (χ2n) is 5.11. The quantitative estimate of drug-likeness (QED) is 0.913. The summed E-state index contributed by atoms with van der Waals surface area (Å²) in [5, 5.41) is 2.69. The van der Waals surface area contributed by atoms with Crippen LogP contribution in [0.5, 0.6) is 17.2 Å². The van der Waals surface area contributed by atoms with Crippen LogP contribution in [0.15, 0.2) is 48.5 Å². The van der Waals surface area contributed by atoms with E-state index in [1.165, 1.54) is 24.3 Å². The molecule has 1 aliphatic rings. The lowest BCUT2D eigenvalue weighted by Gasteiger charge is -2.26.